The van der Waals surface area contributed by atoms with E-state index < -0.39 is 0 Å². The number of hydrogen-bond acceptors (Lipinski definition) is 3. The van der Waals surface area contributed by atoms with Crippen molar-refractivity contribution >= 4 is 12.1 Å². The molecule has 0 atom stereocenters. The fourth-order valence-corrected chi connectivity index (χ4v) is 3.50. The summed E-state index contributed by atoms with van der Waals surface area (Å²) in [5.74, 6) is 7.11. The number of aromatic nitrogens is 1. The van der Waals surface area contributed by atoms with Crippen LogP contribution < -0.4 is 9.64 Å². The first kappa shape index (κ1) is 20.9. The van der Waals surface area contributed by atoms with E-state index in [0.717, 1.165) is 45.7 Å². The fourth-order valence-electron chi connectivity index (χ4n) is 3.50. The van der Waals surface area contributed by atoms with Gasteiger partial charge in [0.2, 0.25) is 6.41 Å². The number of carbonyl (C=O) groups excluding carboxylic acids is 1. The number of nitrogens with zero attached hydrogens (tertiary/aromatic N) is 2. The molecule has 0 spiro atoms. The number of methoxy groups -OCH3 is 1. The van der Waals surface area contributed by atoms with Crippen molar-refractivity contribution in [3.63, 3.8) is 0 Å². The third-order valence-corrected chi connectivity index (χ3v) is 5.04. The highest BCUT2D eigenvalue weighted by Crippen LogP contribution is 2.30. The zero-order valence-corrected chi connectivity index (χ0v) is 17.7. The third-order valence-electron chi connectivity index (χ3n) is 5.04. The molecule has 0 aliphatic carbocycles. The lowest BCUT2D eigenvalue weighted by atomic mass is 10.0. The molecular formula is C28H22N2O2. The SMILES string of the molecule is COc1ccccc1-c1cccc(CN(C=O)c2ccccc2C#Cc2cccnc2)c1. The van der Waals surface area contributed by atoms with Gasteiger partial charge in [0.25, 0.3) is 0 Å². The molecule has 1 heterocycles. The highest BCUT2D eigenvalue weighted by atomic mass is 16.5. The number of benzene rings is 3. The minimum Gasteiger partial charge on any atom is -0.496 e. The quantitative estimate of drug-likeness (QED) is 0.314. The lowest BCUT2D eigenvalue weighted by Gasteiger charge is -2.20. The maximum absolute atomic E-state index is 12.0. The van der Waals surface area contributed by atoms with Crippen LogP contribution in [0, 0.1) is 11.8 Å². The smallest absolute Gasteiger partial charge is 0.214 e. The molecule has 0 radical (unpaired) electrons. The average molecular weight is 418 g/mol. The van der Waals surface area contributed by atoms with Crippen molar-refractivity contribution in [2.45, 2.75) is 6.54 Å². The second kappa shape index (κ2) is 10.1. The molecule has 0 bridgehead atoms. The molecule has 0 fully saturated rings. The van der Waals surface area contributed by atoms with E-state index >= 15 is 0 Å². The van der Waals surface area contributed by atoms with Gasteiger partial charge >= 0.3 is 0 Å². The summed E-state index contributed by atoms with van der Waals surface area (Å²) >= 11 is 0. The van der Waals surface area contributed by atoms with Crippen molar-refractivity contribution in [2.24, 2.45) is 0 Å². The minimum absolute atomic E-state index is 0.429. The maximum Gasteiger partial charge on any atom is 0.214 e. The molecule has 4 aromatic rings. The van der Waals surface area contributed by atoms with Gasteiger partial charge in [-0.25, -0.2) is 0 Å². The Kier molecular flexibility index (Phi) is 6.60. The molecule has 0 N–H and O–H groups in total. The molecule has 0 saturated heterocycles. The van der Waals surface area contributed by atoms with Gasteiger partial charge in [0.15, 0.2) is 0 Å². The number of rotatable bonds is 6. The Morgan fingerprint density at radius 2 is 1.78 bits per heavy atom. The van der Waals surface area contributed by atoms with Crippen LogP contribution in [-0.4, -0.2) is 18.5 Å². The van der Waals surface area contributed by atoms with Crippen molar-refractivity contribution in [1.29, 1.82) is 0 Å². The molecule has 1 amide bonds. The van der Waals surface area contributed by atoms with Gasteiger partial charge in [-0.1, -0.05) is 60.4 Å². The monoisotopic (exact) mass is 418 g/mol. The number of anilines is 1. The van der Waals surface area contributed by atoms with Crippen LogP contribution in [0.1, 0.15) is 16.7 Å². The number of carbonyl (C=O) groups is 1. The van der Waals surface area contributed by atoms with Gasteiger partial charge in [-0.05, 0) is 47.5 Å². The van der Waals surface area contributed by atoms with Crippen LogP contribution in [0.3, 0.4) is 0 Å². The summed E-state index contributed by atoms with van der Waals surface area (Å²) in [6.07, 6.45) is 4.28. The van der Waals surface area contributed by atoms with Gasteiger partial charge < -0.3 is 9.64 Å². The van der Waals surface area contributed by atoms with Crippen LogP contribution in [0.5, 0.6) is 5.75 Å². The Balaban J connectivity index is 1.63. The molecule has 1 aromatic heterocycles. The first-order valence-electron chi connectivity index (χ1n) is 10.2. The molecule has 4 heteroatoms. The molecule has 0 aliphatic rings. The summed E-state index contributed by atoms with van der Waals surface area (Å²) in [5.41, 5.74) is 5.43. The Labute approximate surface area is 188 Å². The van der Waals surface area contributed by atoms with Crippen molar-refractivity contribution in [3.05, 3.63) is 114 Å². The third kappa shape index (κ3) is 4.85. The molecule has 32 heavy (non-hydrogen) atoms. The van der Waals surface area contributed by atoms with Gasteiger partial charge in [-0.2, -0.15) is 0 Å². The number of para-hydroxylation sites is 2. The Hall–Kier alpha value is -4.36. The van der Waals surface area contributed by atoms with Crippen LogP contribution in [-0.2, 0) is 11.3 Å². The Morgan fingerprint density at radius 3 is 2.59 bits per heavy atom. The molecular weight excluding hydrogens is 396 g/mol. The molecule has 0 unspecified atom stereocenters. The van der Waals surface area contributed by atoms with Crippen molar-refractivity contribution in [3.8, 4) is 28.7 Å². The van der Waals surface area contributed by atoms with E-state index in [9.17, 15) is 4.79 Å². The summed E-state index contributed by atoms with van der Waals surface area (Å²) in [4.78, 5) is 17.8. The number of hydrogen-bond donors (Lipinski definition) is 0. The van der Waals surface area contributed by atoms with Crippen LogP contribution in [0.25, 0.3) is 11.1 Å². The summed E-state index contributed by atoms with van der Waals surface area (Å²) < 4.78 is 5.50. The lowest BCUT2D eigenvalue weighted by Crippen LogP contribution is -2.21. The highest BCUT2D eigenvalue weighted by molar-refractivity contribution is 5.79. The summed E-state index contributed by atoms with van der Waals surface area (Å²) in [7, 11) is 1.67. The van der Waals surface area contributed by atoms with Crippen molar-refractivity contribution in [1.82, 2.24) is 4.98 Å². The second-order valence-corrected chi connectivity index (χ2v) is 7.14. The molecule has 3 aromatic carbocycles. The molecule has 4 nitrogen and oxygen atoms in total. The van der Waals surface area contributed by atoms with Crippen molar-refractivity contribution < 1.29 is 9.53 Å². The standard InChI is InChI=1S/C28H22N2O2/c1-32-28-14-5-3-12-26(28)25-11-6-8-23(18-25)20-30(21-31)27-13-4-2-10-24(27)16-15-22-9-7-17-29-19-22/h2-14,17-19,21H,20H2,1H3. The zero-order valence-electron chi connectivity index (χ0n) is 17.7. The van der Waals surface area contributed by atoms with E-state index in [0.29, 0.717) is 6.54 Å². The summed E-state index contributed by atoms with van der Waals surface area (Å²) in [6.45, 7) is 0.429. The predicted molar refractivity (Wildman–Crippen MR) is 127 cm³/mol. The van der Waals surface area contributed by atoms with E-state index in [1.54, 1.807) is 24.4 Å². The zero-order chi connectivity index (χ0) is 22.2. The van der Waals surface area contributed by atoms with E-state index in [4.69, 9.17) is 4.74 Å². The summed E-state index contributed by atoms with van der Waals surface area (Å²) in [6, 6.07) is 27.4. The van der Waals surface area contributed by atoms with Crippen LogP contribution in [0.15, 0.2) is 97.3 Å². The van der Waals surface area contributed by atoms with Crippen molar-refractivity contribution in [2.75, 3.05) is 12.0 Å². The predicted octanol–water partition coefficient (Wildman–Crippen LogP) is 5.32. The van der Waals surface area contributed by atoms with Gasteiger partial charge in [0.05, 0.1) is 19.3 Å². The minimum atomic E-state index is 0.429. The first-order chi connectivity index (χ1) is 15.8. The normalized spacial score (nSPS) is 10.0. The van der Waals surface area contributed by atoms with E-state index in [-0.39, 0.29) is 0 Å². The number of pyridine rings is 1. The second-order valence-electron chi connectivity index (χ2n) is 7.14. The van der Waals surface area contributed by atoms with Gasteiger partial charge in [-0.15, -0.1) is 0 Å². The first-order valence-corrected chi connectivity index (χ1v) is 10.2. The number of ether oxygens (including phenoxy) is 1. The van der Waals surface area contributed by atoms with Gasteiger partial charge in [-0.3, -0.25) is 9.78 Å². The van der Waals surface area contributed by atoms with E-state index in [1.165, 1.54) is 0 Å². The van der Waals surface area contributed by atoms with Gasteiger partial charge in [0.1, 0.15) is 5.75 Å². The van der Waals surface area contributed by atoms with E-state index in [2.05, 4.69) is 22.9 Å². The molecule has 0 saturated carbocycles. The molecule has 4 rings (SSSR count). The maximum atomic E-state index is 12.0. The van der Waals surface area contributed by atoms with Crippen LogP contribution >= 0.6 is 0 Å². The number of amides is 1. The summed E-state index contributed by atoms with van der Waals surface area (Å²) in [5, 5.41) is 0. The molecule has 0 aliphatic heterocycles. The van der Waals surface area contributed by atoms with Crippen LogP contribution in [0.4, 0.5) is 5.69 Å². The fraction of sp³-hybridized carbons (Fsp3) is 0.0714. The van der Waals surface area contributed by atoms with E-state index in [1.807, 2.05) is 78.9 Å². The molecule has 156 valence electrons. The highest BCUT2D eigenvalue weighted by Gasteiger charge is 2.12. The average Bonchev–Trinajstić information content (AvgIpc) is 2.87. The van der Waals surface area contributed by atoms with Crippen LogP contribution in [0.2, 0.25) is 0 Å². The van der Waals surface area contributed by atoms with Gasteiger partial charge in [0, 0.05) is 29.1 Å². The largest absolute Gasteiger partial charge is 0.496 e. The lowest BCUT2D eigenvalue weighted by molar-refractivity contribution is -0.107. The Bertz CT molecular complexity index is 1270. The Morgan fingerprint density at radius 1 is 0.938 bits per heavy atom. The topological polar surface area (TPSA) is 42.4 Å².